The van der Waals surface area contributed by atoms with Gasteiger partial charge in [-0.3, -0.25) is 24.1 Å². The van der Waals surface area contributed by atoms with E-state index in [1.54, 1.807) is 12.1 Å². The number of carbonyl (C=O) groups excluding carboxylic acids is 4. The van der Waals surface area contributed by atoms with Gasteiger partial charge in [0.2, 0.25) is 11.8 Å². The lowest BCUT2D eigenvalue weighted by molar-refractivity contribution is -0.140. The molecule has 0 bridgehead atoms. The van der Waals surface area contributed by atoms with Gasteiger partial charge in [0.25, 0.3) is 0 Å². The summed E-state index contributed by atoms with van der Waals surface area (Å²) in [5.41, 5.74) is 3.30. The number of carbonyl (C=O) groups is 4. The molecular formula is C32H26BrNO6. The van der Waals surface area contributed by atoms with Crippen LogP contribution in [0, 0.1) is 23.7 Å². The molecule has 2 aromatic rings. The van der Waals surface area contributed by atoms with Crippen molar-refractivity contribution in [1.82, 2.24) is 4.90 Å². The number of allylic oxidation sites excluding steroid dienone is 7. The molecule has 4 aliphatic rings. The smallest absolute Gasteiger partial charge is 0.234 e. The highest BCUT2D eigenvalue weighted by molar-refractivity contribution is 9.12. The van der Waals surface area contributed by atoms with Crippen LogP contribution in [0.1, 0.15) is 24.0 Å². The van der Waals surface area contributed by atoms with Gasteiger partial charge < -0.3 is 9.84 Å². The molecule has 7 nitrogen and oxygen atoms in total. The second-order valence-corrected chi connectivity index (χ2v) is 11.3. The minimum Gasteiger partial charge on any atom is -0.504 e. The Hall–Kier alpha value is -4.04. The molecule has 4 atom stereocenters. The monoisotopic (exact) mass is 599 g/mol. The van der Waals surface area contributed by atoms with Gasteiger partial charge in [-0.05, 0) is 57.9 Å². The van der Waals surface area contributed by atoms with Gasteiger partial charge in [-0.1, -0.05) is 60.2 Å². The number of halogens is 1. The highest BCUT2D eigenvalue weighted by Crippen LogP contribution is 2.53. The molecule has 4 unspecified atom stereocenters. The summed E-state index contributed by atoms with van der Waals surface area (Å²) in [5, 5.41) is 9.98. The maximum atomic E-state index is 13.8. The fraction of sp³-hybridized carbons (Fsp3) is 0.250. The molecule has 1 fully saturated rings. The molecule has 0 spiro atoms. The summed E-state index contributed by atoms with van der Waals surface area (Å²) in [6.45, 7) is 0.208. The van der Waals surface area contributed by atoms with Crippen LogP contribution >= 0.6 is 15.9 Å². The van der Waals surface area contributed by atoms with Crippen LogP contribution in [-0.4, -0.2) is 40.5 Å². The summed E-state index contributed by atoms with van der Waals surface area (Å²) >= 11 is 3.24. The summed E-state index contributed by atoms with van der Waals surface area (Å²) in [5.74, 6) is -2.61. The first kappa shape index (κ1) is 26.2. The molecule has 202 valence electrons. The second-order valence-electron chi connectivity index (χ2n) is 10.5. The number of methoxy groups -OCH3 is 1. The van der Waals surface area contributed by atoms with Crippen LogP contribution in [-0.2, 0) is 25.7 Å². The minimum atomic E-state index is -0.595. The fourth-order valence-electron chi connectivity index (χ4n) is 6.48. The van der Waals surface area contributed by atoms with Crippen LogP contribution in [0.5, 0.6) is 11.5 Å². The molecule has 2 aromatic carbocycles. The summed E-state index contributed by atoms with van der Waals surface area (Å²) in [6, 6.07) is 14.3. The molecule has 40 heavy (non-hydrogen) atoms. The van der Waals surface area contributed by atoms with Crippen molar-refractivity contribution in [2.45, 2.75) is 19.4 Å². The van der Waals surface area contributed by atoms with E-state index in [0.29, 0.717) is 23.3 Å². The highest BCUT2D eigenvalue weighted by Gasteiger charge is 2.55. The van der Waals surface area contributed by atoms with Crippen LogP contribution in [0.15, 0.2) is 88.0 Å². The third-order valence-electron chi connectivity index (χ3n) is 8.34. The molecule has 8 heteroatoms. The second kappa shape index (κ2) is 10.2. The van der Waals surface area contributed by atoms with Crippen molar-refractivity contribution in [1.29, 1.82) is 0 Å². The number of hydrogen-bond acceptors (Lipinski definition) is 6. The van der Waals surface area contributed by atoms with Crippen molar-refractivity contribution in [3.8, 4) is 11.5 Å². The van der Waals surface area contributed by atoms with Crippen molar-refractivity contribution in [2.24, 2.45) is 23.7 Å². The highest BCUT2D eigenvalue weighted by atomic mass is 79.9. The Morgan fingerprint density at radius 1 is 1.05 bits per heavy atom. The topological polar surface area (TPSA) is 101 Å². The lowest BCUT2D eigenvalue weighted by Gasteiger charge is -2.41. The van der Waals surface area contributed by atoms with Crippen LogP contribution in [0.2, 0.25) is 0 Å². The van der Waals surface area contributed by atoms with E-state index in [1.807, 2.05) is 48.6 Å². The van der Waals surface area contributed by atoms with Crippen LogP contribution in [0.25, 0.3) is 6.08 Å². The number of amides is 2. The fourth-order valence-corrected chi connectivity index (χ4v) is 6.92. The number of phenols is 1. The predicted molar refractivity (Wildman–Crippen MR) is 151 cm³/mol. The van der Waals surface area contributed by atoms with E-state index in [1.165, 1.54) is 24.2 Å². The molecule has 1 saturated heterocycles. The summed E-state index contributed by atoms with van der Waals surface area (Å²) in [4.78, 5) is 55.1. The van der Waals surface area contributed by atoms with Crippen molar-refractivity contribution in [2.75, 3.05) is 7.11 Å². The Kier molecular flexibility index (Phi) is 6.66. The number of rotatable bonds is 5. The average molecular weight is 600 g/mol. The van der Waals surface area contributed by atoms with E-state index in [-0.39, 0.29) is 52.5 Å². The normalized spacial score (nSPS) is 26.0. The first-order valence-electron chi connectivity index (χ1n) is 13.1. The van der Waals surface area contributed by atoms with Crippen molar-refractivity contribution in [3.63, 3.8) is 0 Å². The molecule has 0 saturated carbocycles. The molecule has 2 amide bonds. The number of nitrogens with zero attached hydrogens (tertiary/aromatic N) is 1. The SMILES string of the molecule is COc1cc(C=CC2C3=CCC4C(=O)N(Cc5ccccc5)C(=O)C4C3CC3=C2C(=O)C=C(Br)C3=O)ccc1O. The van der Waals surface area contributed by atoms with Crippen LogP contribution < -0.4 is 4.74 Å². The number of ketones is 2. The Bertz CT molecular complexity index is 1580. The number of fused-ring (bicyclic) bond motifs is 3. The quantitative estimate of drug-likeness (QED) is 0.298. The van der Waals surface area contributed by atoms with Crippen LogP contribution in [0.4, 0.5) is 0 Å². The number of ether oxygens (including phenoxy) is 1. The van der Waals surface area contributed by atoms with E-state index in [4.69, 9.17) is 4.74 Å². The van der Waals surface area contributed by atoms with Gasteiger partial charge in [0.05, 0.1) is 30.0 Å². The zero-order valence-corrected chi connectivity index (χ0v) is 23.3. The van der Waals surface area contributed by atoms with E-state index in [0.717, 1.165) is 16.7 Å². The van der Waals surface area contributed by atoms with Crippen molar-refractivity contribution in [3.05, 3.63) is 99.1 Å². The summed E-state index contributed by atoms with van der Waals surface area (Å²) in [6.07, 6.45) is 7.61. The zero-order valence-electron chi connectivity index (χ0n) is 21.7. The maximum absolute atomic E-state index is 13.8. The largest absolute Gasteiger partial charge is 0.504 e. The maximum Gasteiger partial charge on any atom is 0.234 e. The first-order valence-corrected chi connectivity index (χ1v) is 13.9. The van der Waals surface area contributed by atoms with E-state index in [9.17, 15) is 24.3 Å². The first-order chi connectivity index (χ1) is 19.3. The number of hydrogen-bond donors (Lipinski definition) is 1. The van der Waals surface area contributed by atoms with Gasteiger partial charge in [0, 0.05) is 23.1 Å². The standard InChI is InChI=1S/C32H26BrNO6/c1-40-27-13-17(8-12-25(27)35)7-9-20-19-10-11-21-29(22(19)14-23-28(20)26(36)15-24(33)30(23)37)32(39)34(31(21)38)16-18-5-3-2-4-6-18/h2-10,12-13,15,20-22,29,35H,11,14,16H2,1H3. The Morgan fingerprint density at radius 3 is 2.58 bits per heavy atom. The number of imide groups is 1. The molecule has 0 radical (unpaired) electrons. The Morgan fingerprint density at radius 2 is 1.82 bits per heavy atom. The van der Waals surface area contributed by atoms with Gasteiger partial charge in [-0.2, -0.15) is 0 Å². The van der Waals surface area contributed by atoms with E-state index in [2.05, 4.69) is 15.9 Å². The molecule has 3 aliphatic carbocycles. The Balaban J connectivity index is 1.39. The zero-order chi connectivity index (χ0) is 28.1. The molecular weight excluding hydrogens is 574 g/mol. The van der Waals surface area contributed by atoms with Gasteiger partial charge in [-0.15, -0.1) is 0 Å². The molecule has 0 aromatic heterocycles. The number of likely N-dealkylation sites (tertiary alicyclic amines) is 1. The molecule has 1 heterocycles. The minimum absolute atomic E-state index is 0.0101. The average Bonchev–Trinajstić information content (AvgIpc) is 3.20. The van der Waals surface area contributed by atoms with E-state index >= 15 is 0 Å². The van der Waals surface area contributed by atoms with Crippen molar-refractivity contribution >= 4 is 45.4 Å². The Labute approximate surface area is 239 Å². The lowest BCUT2D eigenvalue weighted by Crippen LogP contribution is -2.39. The molecule has 1 aliphatic heterocycles. The molecule has 1 N–H and O–H groups in total. The van der Waals surface area contributed by atoms with Crippen molar-refractivity contribution < 1.29 is 29.0 Å². The third kappa shape index (κ3) is 4.27. The van der Waals surface area contributed by atoms with Gasteiger partial charge in [-0.25, -0.2) is 0 Å². The summed E-state index contributed by atoms with van der Waals surface area (Å²) < 4.78 is 5.42. The van der Waals surface area contributed by atoms with Gasteiger partial charge >= 0.3 is 0 Å². The number of phenolic OH excluding ortho intramolecular Hbond substituents is 1. The predicted octanol–water partition coefficient (Wildman–Crippen LogP) is 4.91. The van der Waals surface area contributed by atoms with Crippen LogP contribution in [0.3, 0.4) is 0 Å². The number of benzene rings is 2. The van der Waals surface area contributed by atoms with Gasteiger partial charge in [0.1, 0.15) is 0 Å². The number of aromatic hydroxyl groups is 1. The number of Topliss-reactive ketones (excluding diaryl/α,β-unsaturated/α-hetero) is 1. The van der Waals surface area contributed by atoms with Gasteiger partial charge in [0.15, 0.2) is 23.1 Å². The lowest BCUT2D eigenvalue weighted by atomic mass is 9.61. The molecule has 6 rings (SSSR count). The third-order valence-corrected chi connectivity index (χ3v) is 8.93. The van der Waals surface area contributed by atoms with E-state index < -0.39 is 17.8 Å². The summed E-state index contributed by atoms with van der Waals surface area (Å²) in [7, 11) is 1.46.